The van der Waals surface area contributed by atoms with Crippen molar-refractivity contribution in [2.24, 2.45) is 0 Å². The summed E-state index contributed by atoms with van der Waals surface area (Å²) >= 11 is 5.60. The summed E-state index contributed by atoms with van der Waals surface area (Å²) in [5.41, 5.74) is -12.9. The maximum atomic E-state index is 12.7. The molecule has 1 aromatic heterocycles. The van der Waals surface area contributed by atoms with Gasteiger partial charge in [-0.3, -0.25) is 0 Å². The van der Waals surface area contributed by atoms with Crippen LogP contribution in [0, 0.1) is 0 Å². The van der Waals surface area contributed by atoms with E-state index in [9.17, 15) is 43.2 Å². The Labute approximate surface area is 185 Å². The Kier molecular flexibility index (Phi) is 5.72. The van der Waals surface area contributed by atoms with Crippen molar-refractivity contribution in [2.75, 3.05) is 0 Å². The van der Waals surface area contributed by atoms with Crippen LogP contribution in [0.2, 0.25) is 0 Å². The highest BCUT2D eigenvalue weighted by atomic mass is 79.9. The molecule has 3 aromatic rings. The Hall–Kier alpha value is -1.72. The summed E-state index contributed by atoms with van der Waals surface area (Å²) in [5, 5.41) is -0.209. The molecule has 1 heterocycles. The fraction of sp³-hybridized carbons (Fsp3) is 0.143. The summed E-state index contributed by atoms with van der Waals surface area (Å²) in [6.45, 7) is 0. The number of rotatable bonds is 4. The van der Waals surface area contributed by atoms with Crippen molar-refractivity contribution in [2.45, 2.75) is 11.0 Å². The van der Waals surface area contributed by atoms with Gasteiger partial charge in [-0.1, -0.05) is 0 Å². The smallest absolute Gasteiger partial charge is 0.448 e. The summed E-state index contributed by atoms with van der Waals surface area (Å²) in [6, 6.07) is 4.61. The molecule has 0 unspecified atom stereocenters. The molecule has 0 amide bonds. The van der Waals surface area contributed by atoms with E-state index in [2.05, 4.69) is 40.2 Å². The number of hydrogen-bond donors (Lipinski definition) is 0. The first-order valence-corrected chi connectivity index (χ1v) is 11.7. The van der Waals surface area contributed by atoms with Crippen LogP contribution in [-0.2, 0) is 20.2 Å². The molecule has 17 heteroatoms. The standard InChI is InChI=1S/C14H4Br2F6O7S2/c15-7-3-1-5-6-2-4-8(16)12(29-31(25,26)14(20,21)22)10(6)27-9(5)11(7)28-30(23,24)13(17,18)19/h1-4H. The fourth-order valence-electron chi connectivity index (χ4n) is 2.28. The molecule has 0 spiro atoms. The monoisotopic (exact) mass is 620 g/mol. The van der Waals surface area contributed by atoms with Gasteiger partial charge in [-0.25, -0.2) is 0 Å². The van der Waals surface area contributed by atoms with E-state index in [1.54, 1.807) is 0 Å². The van der Waals surface area contributed by atoms with Crippen molar-refractivity contribution >= 4 is 74.0 Å². The molecular formula is C14H4Br2F6O7S2. The number of benzene rings is 2. The largest absolute Gasteiger partial charge is 0.534 e. The first-order valence-electron chi connectivity index (χ1n) is 7.31. The topological polar surface area (TPSA) is 99.9 Å². The maximum absolute atomic E-state index is 12.7. The number of fused-ring (bicyclic) bond motifs is 3. The third-order valence-corrected chi connectivity index (χ3v) is 6.73. The third kappa shape index (κ3) is 4.19. The van der Waals surface area contributed by atoms with Crippen molar-refractivity contribution in [1.29, 1.82) is 0 Å². The van der Waals surface area contributed by atoms with Crippen molar-refractivity contribution < 1.29 is 56.0 Å². The SMILES string of the molecule is O=S(=O)(Oc1c(Br)ccc2c1oc1c(OS(=O)(=O)C(F)(F)F)c(Br)ccc12)C(F)(F)F. The number of hydrogen-bond acceptors (Lipinski definition) is 7. The summed E-state index contributed by atoms with van der Waals surface area (Å²) < 4.78 is 135. The molecule has 7 nitrogen and oxygen atoms in total. The molecule has 3 rings (SSSR count). The average molecular weight is 622 g/mol. The molecule has 0 aliphatic heterocycles. The zero-order valence-corrected chi connectivity index (χ0v) is 18.8. The highest BCUT2D eigenvalue weighted by molar-refractivity contribution is 9.11. The van der Waals surface area contributed by atoms with Gasteiger partial charge in [0.2, 0.25) is 0 Å². The van der Waals surface area contributed by atoms with Crippen LogP contribution in [0.3, 0.4) is 0 Å². The predicted octanol–water partition coefficient (Wildman–Crippen LogP) is 5.57. The molecule has 0 fully saturated rings. The van der Waals surface area contributed by atoms with Gasteiger partial charge in [0.1, 0.15) is 0 Å². The Morgan fingerprint density at radius 3 is 1.29 bits per heavy atom. The van der Waals surface area contributed by atoms with Gasteiger partial charge in [0.25, 0.3) is 0 Å². The second-order valence-electron chi connectivity index (χ2n) is 5.57. The van der Waals surface area contributed by atoms with Crippen LogP contribution >= 0.6 is 31.9 Å². The second-order valence-corrected chi connectivity index (χ2v) is 10.4. The van der Waals surface area contributed by atoms with Crippen LogP contribution in [0.4, 0.5) is 26.3 Å². The minimum atomic E-state index is -6.14. The van der Waals surface area contributed by atoms with Gasteiger partial charge < -0.3 is 12.8 Å². The van der Waals surface area contributed by atoms with Gasteiger partial charge in [-0.15, -0.1) is 0 Å². The third-order valence-electron chi connectivity index (χ3n) is 3.58. The van der Waals surface area contributed by atoms with Gasteiger partial charge in [0.15, 0.2) is 22.7 Å². The average Bonchev–Trinajstić information content (AvgIpc) is 2.97. The number of halogens is 8. The second kappa shape index (κ2) is 7.41. The Bertz CT molecular complexity index is 1300. The summed E-state index contributed by atoms with van der Waals surface area (Å²) in [7, 11) is -12.3. The Balaban J connectivity index is 2.31. The van der Waals surface area contributed by atoms with Crippen molar-refractivity contribution in [3.63, 3.8) is 0 Å². The van der Waals surface area contributed by atoms with E-state index >= 15 is 0 Å². The maximum Gasteiger partial charge on any atom is 0.534 e. The van der Waals surface area contributed by atoms with Crippen LogP contribution < -0.4 is 8.37 Å². The molecular weight excluding hydrogens is 618 g/mol. The Morgan fingerprint density at radius 1 is 0.677 bits per heavy atom. The van der Waals surface area contributed by atoms with Crippen molar-refractivity contribution in [1.82, 2.24) is 0 Å². The van der Waals surface area contributed by atoms with Crippen LogP contribution in [0.1, 0.15) is 0 Å². The highest BCUT2D eigenvalue weighted by Gasteiger charge is 2.50. The van der Waals surface area contributed by atoms with E-state index in [1.165, 1.54) is 12.1 Å². The molecule has 0 aliphatic carbocycles. The van der Waals surface area contributed by atoms with E-state index in [0.717, 1.165) is 12.1 Å². The minimum absolute atomic E-state index is 0.104. The zero-order chi connectivity index (χ0) is 23.6. The lowest BCUT2D eigenvalue weighted by Crippen LogP contribution is -2.28. The van der Waals surface area contributed by atoms with E-state index in [-0.39, 0.29) is 19.7 Å². The van der Waals surface area contributed by atoms with E-state index in [4.69, 9.17) is 4.42 Å². The molecule has 0 N–H and O–H groups in total. The molecule has 0 atom stereocenters. The molecule has 0 aliphatic rings. The zero-order valence-electron chi connectivity index (χ0n) is 14.0. The van der Waals surface area contributed by atoms with E-state index in [1.807, 2.05) is 0 Å². The lowest BCUT2D eigenvalue weighted by atomic mass is 10.1. The minimum Gasteiger partial charge on any atom is -0.448 e. The lowest BCUT2D eigenvalue weighted by Gasteiger charge is -2.11. The van der Waals surface area contributed by atoms with Crippen molar-refractivity contribution in [3.8, 4) is 11.5 Å². The van der Waals surface area contributed by atoms with Gasteiger partial charge in [0, 0.05) is 10.8 Å². The van der Waals surface area contributed by atoms with Crippen LogP contribution in [0.25, 0.3) is 21.9 Å². The fourth-order valence-corrected chi connectivity index (χ4v) is 4.23. The highest BCUT2D eigenvalue weighted by Crippen LogP contribution is 2.46. The normalized spacial score (nSPS) is 13.7. The molecule has 0 bridgehead atoms. The van der Waals surface area contributed by atoms with Gasteiger partial charge >= 0.3 is 31.3 Å². The van der Waals surface area contributed by atoms with Gasteiger partial charge in [-0.2, -0.15) is 43.2 Å². The molecule has 0 saturated carbocycles. The van der Waals surface area contributed by atoms with Crippen molar-refractivity contribution in [3.05, 3.63) is 33.2 Å². The van der Waals surface area contributed by atoms with E-state index < -0.39 is 53.9 Å². The molecule has 2 aromatic carbocycles. The predicted molar refractivity (Wildman–Crippen MR) is 100 cm³/mol. The van der Waals surface area contributed by atoms with Crippen LogP contribution in [0.5, 0.6) is 11.5 Å². The summed E-state index contributed by atoms with van der Waals surface area (Å²) in [4.78, 5) is 0. The van der Waals surface area contributed by atoms with E-state index in [0.29, 0.717) is 0 Å². The molecule has 0 saturated heterocycles. The molecule has 0 radical (unpaired) electrons. The summed E-state index contributed by atoms with van der Waals surface area (Å²) in [6.07, 6.45) is 0. The van der Waals surface area contributed by atoms with Crippen LogP contribution in [-0.4, -0.2) is 27.9 Å². The molecule has 170 valence electrons. The first kappa shape index (κ1) is 23.9. The quantitative estimate of drug-likeness (QED) is 0.213. The first-order chi connectivity index (χ1) is 14.0. The number of alkyl halides is 6. The number of furan rings is 1. The Morgan fingerprint density at radius 2 is 1.00 bits per heavy atom. The van der Waals surface area contributed by atoms with Gasteiger partial charge in [0.05, 0.1) is 8.95 Å². The lowest BCUT2D eigenvalue weighted by molar-refractivity contribution is -0.0504. The van der Waals surface area contributed by atoms with Gasteiger partial charge in [-0.05, 0) is 56.1 Å². The molecule has 31 heavy (non-hydrogen) atoms. The summed E-state index contributed by atoms with van der Waals surface area (Å²) in [5.74, 6) is -1.93. The van der Waals surface area contributed by atoms with Crippen LogP contribution in [0.15, 0.2) is 37.6 Å².